The van der Waals surface area contributed by atoms with Crippen LogP contribution in [0, 0.1) is 10.1 Å². The van der Waals surface area contributed by atoms with E-state index >= 15 is 0 Å². The van der Waals surface area contributed by atoms with Crippen LogP contribution < -0.4 is 10.5 Å². The Bertz CT molecular complexity index is 418. The fourth-order valence-electron chi connectivity index (χ4n) is 1.48. The van der Waals surface area contributed by atoms with E-state index in [1.165, 1.54) is 19.2 Å². The lowest BCUT2D eigenvalue weighted by atomic mass is 9.94. The Labute approximate surface area is 99.2 Å². The van der Waals surface area contributed by atoms with Crippen molar-refractivity contribution in [3.8, 4) is 5.75 Å². The van der Waals surface area contributed by atoms with Gasteiger partial charge in [0.15, 0.2) is 0 Å². The van der Waals surface area contributed by atoms with Gasteiger partial charge in [-0.2, -0.15) is 0 Å². The summed E-state index contributed by atoms with van der Waals surface area (Å²) in [5.41, 5.74) is 5.76. The van der Waals surface area contributed by atoms with Gasteiger partial charge in [0.05, 0.1) is 24.7 Å². The van der Waals surface area contributed by atoms with Crippen LogP contribution in [0.25, 0.3) is 0 Å². The standard InChI is InChI=1S/C11H16N2O4/c1-11(12,7-14)6-8-3-4-9(13(15)16)5-10(8)17-2/h3-5,14H,6-7,12H2,1-2H3. The first-order valence-electron chi connectivity index (χ1n) is 5.10. The summed E-state index contributed by atoms with van der Waals surface area (Å²) in [6.45, 7) is 1.53. The van der Waals surface area contributed by atoms with E-state index in [-0.39, 0.29) is 12.3 Å². The van der Waals surface area contributed by atoms with E-state index in [1.54, 1.807) is 13.0 Å². The Hall–Kier alpha value is -1.66. The molecule has 6 nitrogen and oxygen atoms in total. The highest BCUT2D eigenvalue weighted by Crippen LogP contribution is 2.27. The first kappa shape index (κ1) is 13.4. The van der Waals surface area contributed by atoms with Crippen LogP contribution in [0.15, 0.2) is 18.2 Å². The average Bonchev–Trinajstić information content (AvgIpc) is 2.29. The highest BCUT2D eigenvalue weighted by molar-refractivity contribution is 5.45. The molecule has 0 amide bonds. The molecule has 0 fully saturated rings. The molecule has 17 heavy (non-hydrogen) atoms. The number of nitro groups is 1. The molecular weight excluding hydrogens is 224 g/mol. The van der Waals surface area contributed by atoms with Crippen molar-refractivity contribution < 1.29 is 14.8 Å². The average molecular weight is 240 g/mol. The second-order valence-electron chi connectivity index (χ2n) is 4.24. The Balaban J connectivity index is 3.05. The first-order valence-corrected chi connectivity index (χ1v) is 5.10. The van der Waals surface area contributed by atoms with Crippen molar-refractivity contribution in [1.82, 2.24) is 0 Å². The van der Waals surface area contributed by atoms with Crippen LogP contribution in [0.3, 0.4) is 0 Å². The van der Waals surface area contributed by atoms with Gasteiger partial charge in [0.1, 0.15) is 5.75 Å². The van der Waals surface area contributed by atoms with Gasteiger partial charge in [-0.15, -0.1) is 0 Å². The molecule has 0 spiro atoms. The summed E-state index contributed by atoms with van der Waals surface area (Å²) < 4.78 is 5.08. The number of hydrogen-bond acceptors (Lipinski definition) is 5. The number of benzene rings is 1. The molecule has 94 valence electrons. The predicted molar refractivity (Wildman–Crippen MR) is 63.0 cm³/mol. The minimum absolute atomic E-state index is 0.0340. The molecule has 0 aliphatic rings. The van der Waals surface area contributed by atoms with Gasteiger partial charge in [-0.3, -0.25) is 10.1 Å². The quantitative estimate of drug-likeness (QED) is 0.587. The van der Waals surface area contributed by atoms with Crippen LogP contribution >= 0.6 is 0 Å². The molecule has 0 aromatic heterocycles. The minimum atomic E-state index is -0.774. The lowest BCUT2D eigenvalue weighted by Gasteiger charge is -2.22. The van der Waals surface area contributed by atoms with E-state index in [9.17, 15) is 10.1 Å². The number of aliphatic hydroxyl groups excluding tert-OH is 1. The zero-order valence-corrected chi connectivity index (χ0v) is 9.84. The van der Waals surface area contributed by atoms with Gasteiger partial charge in [-0.25, -0.2) is 0 Å². The van der Waals surface area contributed by atoms with Gasteiger partial charge < -0.3 is 15.6 Å². The predicted octanol–water partition coefficient (Wildman–Crippen LogP) is 0.856. The summed E-state index contributed by atoms with van der Waals surface area (Å²) >= 11 is 0. The third kappa shape index (κ3) is 3.40. The molecule has 1 atom stereocenters. The maximum Gasteiger partial charge on any atom is 0.273 e. The number of rotatable bonds is 5. The van der Waals surface area contributed by atoms with E-state index in [2.05, 4.69) is 0 Å². The Morgan fingerprint density at radius 2 is 2.24 bits per heavy atom. The molecule has 0 radical (unpaired) electrons. The summed E-state index contributed by atoms with van der Waals surface area (Å²) in [4.78, 5) is 10.1. The molecule has 0 heterocycles. The Kier molecular flexibility index (Phi) is 4.03. The SMILES string of the molecule is COc1cc([N+](=O)[O-])ccc1CC(C)(N)CO. The fourth-order valence-corrected chi connectivity index (χ4v) is 1.48. The van der Waals surface area contributed by atoms with E-state index in [1.807, 2.05) is 0 Å². The molecule has 0 saturated heterocycles. The number of ether oxygens (including phenoxy) is 1. The largest absolute Gasteiger partial charge is 0.496 e. The van der Waals surface area contributed by atoms with E-state index in [4.69, 9.17) is 15.6 Å². The summed E-state index contributed by atoms with van der Waals surface area (Å²) in [6, 6.07) is 4.34. The van der Waals surface area contributed by atoms with Gasteiger partial charge in [0.25, 0.3) is 5.69 Å². The van der Waals surface area contributed by atoms with E-state index in [0.717, 1.165) is 5.56 Å². The lowest BCUT2D eigenvalue weighted by Crippen LogP contribution is -2.42. The first-order chi connectivity index (χ1) is 7.89. The monoisotopic (exact) mass is 240 g/mol. The van der Waals surface area contributed by atoms with Gasteiger partial charge in [0, 0.05) is 11.6 Å². The Morgan fingerprint density at radius 1 is 1.59 bits per heavy atom. The summed E-state index contributed by atoms with van der Waals surface area (Å²) in [5.74, 6) is 0.407. The topological polar surface area (TPSA) is 98.6 Å². The van der Waals surface area contributed by atoms with Crippen LogP contribution in [0.5, 0.6) is 5.75 Å². The zero-order chi connectivity index (χ0) is 13.1. The van der Waals surface area contributed by atoms with Gasteiger partial charge in [0.2, 0.25) is 0 Å². The molecule has 0 saturated carbocycles. The van der Waals surface area contributed by atoms with E-state index in [0.29, 0.717) is 12.2 Å². The maximum absolute atomic E-state index is 10.6. The van der Waals surface area contributed by atoms with Crippen LogP contribution in [0.1, 0.15) is 12.5 Å². The van der Waals surface area contributed by atoms with E-state index < -0.39 is 10.5 Å². The number of aliphatic hydroxyl groups is 1. The molecule has 3 N–H and O–H groups in total. The second-order valence-corrected chi connectivity index (χ2v) is 4.24. The highest BCUT2D eigenvalue weighted by Gasteiger charge is 2.21. The number of hydrogen-bond donors (Lipinski definition) is 2. The minimum Gasteiger partial charge on any atom is -0.496 e. The van der Waals surface area contributed by atoms with Gasteiger partial charge >= 0.3 is 0 Å². The van der Waals surface area contributed by atoms with Crippen molar-refractivity contribution in [1.29, 1.82) is 0 Å². The number of nitro benzene ring substituents is 1. The van der Waals surface area contributed by atoms with Crippen LogP contribution in [0.4, 0.5) is 5.69 Å². The van der Waals surface area contributed by atoms with Gasteiger partial charge in [-0.05, 0) is 25.0 Å². The Morgan fingerprint density at radius 3 is 2.71 bits per heavy atom. The molecular formula is C11H16N2O4. The van der Waals surface area contributed by atoms with Crippen molar-refractivity contribution in [3.63, 3.8) is 0 Å². The normalized spacial score (nSPS) is 14.1. The molecule has 1 aromatic carbocycles. The number of non-ortho nitro benzene ring substituents is 1. The molecule has 0 aliphatic carbocycles. The fraction of sp³-hybridized carbons (Fsp3) is 0.455. The molecule has 1 unspecified atom stereocenters. The van der Waals surface area contributed by atoms with Crippen molar-refractivity contribution in [2.75, 3.05) is 13.7 Å². The summed E-state index contributed by atoms with van der Waals surface area (Å²) in [7, 11) is 1.44. The third-order valence-corrected chi connectivity index (χ3v) is 2.44. The second kappa shape index (κ2) is 5.11. The van der Waals surface area contributed by atoms with Crippen molar-refractivity contribution in [2.45, 2.75) is 18.9 Å². The molecule has 0 aliphatic heterocycles. The van der Waals surface area contributed by atoms with Crippen LogP contribution in [-0.4, -0.2) is 29.3 Å². The number of nitrogens with zero attached hydrogens (tertiary/aromatic N) is 1. The third-order valence-electron chi connectivity index (χ3n) is 2.44. The lowest BCUT2D eigenvalue weighted by molar-refractivity contribution is -0.384. The van der Waals surface area contributed by atoms with Gasteiger partial charge in [-0.1, -0.05) is 0 Å². The van der Waals surface area contributed by atoms with Crippen LogP contribution in [0.2, 0.25) is 0 Å². The van der Waals surface area contributed by atoms with Crippen molar-refractivity contribution >= 4 is 5.69 Å². The molecule has 1 aromatic rings. The highest BCUT2D eigenvalue weighted by atomic mass is 16.6. The maximum atomic E-state index is 10.6. The number of nitrogens with two attached hydrogens (primary N) is 1. The van der Waals surface area contributed by atoms with Crippen molar-refractivity contribution in [3.05, 3.63) is 33.9 Å². The molecule has 6 heteroatoms. The zero-order valence-electron chi connectivity index (χ0n) is 9.84. The summed E-state index contributed by atoms with van der Waals surface area (Å²) in [5, 5.41) is 19.7. The molecule has 0 bridgehead atoms. The smallest absolute Gasteiger partial charge is 0.273 e. The summed E-state index contributed by atoms with van der Waals surface area (Å²) in [6.07, 6.45) is 0.380. The van der Waals surface area contributed by atoms with Crippen molar-refractivity contribution in [2.24, 2.45) is 5.73 Å². The molecule has 1 rings (SSSR count). The number of methoxy groups -OCH3 is 1. The van der Waals surface area contributed by atoms with Crippen LogP contribution in [-0.2, 0) is 6.42 Å².